The second-order valence-corrected chi connectivity index (χ2v) is 4.71. The van der Waals surface area contributed by atoms with Crippen LogP contribution in [-0.2, 0) is 0 Å². The molecule has 6 heteroatoms. The highest BCUT2D eigenvalue weighted by molar-refractivity contribution is 7.80. The summed E-state index contributed by atoms with van der Waals surface area (Å²) >= 11 is 7.91. The van der Waals surface area contributed by atoms with Crippen LogP contribution >= 0.6 is 43.7 Å². The molecule has 2 atom stereocenters. The van der Waals surface area contributed by atoms with Gasteiger partial charge in [0.1, 0.15) is 0 Å². The maximum absolute atomic E-state index is 5.13. The van der Waals surface area contributed by atoms with Gasteiger partial charge < -0.3 is 11.5 Å². The second-order valence-electron chi connectivity index (χ2n) is 2.66. The van der Waals surface area contributed by atoms with E-state index >= 15 is 0 Å². The van der Waals surface area contributed by atoms with Crippen molar-refractivity contribution in [1.82, 2.24) is 0 Å². The van der Waals surface area contributed by atoms with Gasteiger partial charge in [-0.15, -0.1) is 18.5 Å². The Morgan fingerprint density at radius 3 is 1.13 bits per heavy atom. The number of rotatable bonds is 6. The lowest BCUT2D eigenvalue weighted by Gasteiger charge is -1.80. The normalized spacial score (nSPS) is 8.40. The van der Waals surface area contributed by atoms with Crippen molar-refractivity contribution >= 4 is 43.7 Å². The molecule has 0 aliphatic rings. The third-order valence-electron chi connectivity index (χ3n) is 1.13. The first-order valence-electron chi connectivity index (χ1n) is 5.27. The van der Waals surface area contributed by atoms with E-state index in [4.69, 9.17) is 11.5 Å². The number of hydrogen-bond donors (Lipinski definition) is 4. The fourth-order valence-electron chi connectivity index (χ4n) is 0.300. The molecule has 0 saturated carbocycles. The summed E-state index contributed by atoms with van der Waals surface area (Å²) < 4.78 is 0. The van der Waals surface area contributed by atoms with Crippen molar-refractivity contribution in [3.05, 3.63) is 0 Å². The monoisotopic (exact) mass is 290 g/mol. The minimum Gasteiger partial charge on any atom is -0.330 e. The highest BCUT2D eigenvalue weighted by Gasteiger charge is 1.69. The molecule has 0 aromatic carbocycles. The van der Waals surface area contributed by atoms with Crippen molar-refractivity contribution < 1.29 is 0 Å². The van der Waals surface area contributed by atoms with E-state index in [0.29, 0.717) is 0 Å². The van der Waals surface area contributed by atoms with Crippen molar-refractivity contribution in [3.8, 4) is 0 Å². The van der Waals surface area contributed by atoms with Gasteiger partial charge in [-0.1, -0.05) is 0 Å². The molecule has 2 unspecified atom stereocenters. The Morgan fingerprint density at radius 2 is 1.13 bits per heavy atom. The van der Waals surface area contributed by atoms with Crippen LogP contribution in [-0.4, -0.2) is 36.9 Å². The minimum absolute atomic E-state index is 0.767. The quantitative estimate of drug-likeness (QED) is 0.444. The average molecular weight is 290 g/mol. The van der Waals surface area contributed by atoms with Gasteiger partial charge in [-0.2, -0.15) is 25.3 Å². The van der Waals surface area contributed by atoms with Crippen LogP contribution < -0.4 is 11.5 Å². The summed E-state index contributed by atoms with van der Waals surface area (Å²) in [5.74, 6) is 1.93. The molecule has 0 heterocycles. The molecular formula is C9H28N2P2S2. The molecule has 0 aromatic rings. The zero-order chi connectivity index (χ0) is 12.4. The SMILES string of the molecule is NCCCP.NCCCS.PCCCS. The van der Waals surface area contributed by atoms with Gasteiger partial charge in [-0.25, -0.2) is 0 Å². The first-order valence-corrected chi connectivity index (χ1v) is 8.16. The van der Waals surface area contributed by atoms with Crippen LogP contribution in [0.3, 0.4) is 0 Å². The lowest BCUT2D eigenvalue weighted by molar-refractivity contribution is 0.944. The molecular weight excluding hydrogens is 262 g/mol. The van der Waals surface area contributed by atoms with Gasteiger partial charge in [-0.05, 0) is 56.2 Å². The van der Waals surface area contributed by atoms with E-state index in [0.717, 1.165) is 43.6 Å². The highest BCUT2D eigenvalue weighted by atomic mass is 32.1. The molecule has 2 nitrogen and oxygen atoms in total. The largest absolute Gasteiger partial charge is 0.330 e. The molecule has 15 heavy (non-hydrogen) atoms. The zero-order valence-corrected chi connectivity index (χ0v) is 13.7. The van der Waals surface area contributed by atoms with E-state index in [9.17, 15) is 0 Å². The molecule has 0 radical (unpaired) electrons. The van der Waals surface area contributed by atoms with Crippen molar-refractivity contribution in [1.29, 1.82) is 0 Å². The summed E-state index contributed by atoms with van der Waals surface area (Å²) in [6, 6.07) is 0. The van der Waals surface area contributed by atoms with E-state index in [1.165, 1.54) is 12.6 Å². The van der Waals surface area contributed by atoms with Crippen LogP contribution in [0, 0.1) is 0 Å². The van der Waals surface area contributed by atoms with Crippen LogP contribution in [0.1, 0.15) is 19.3 Å². The lowest BCUT2D eigenvalue weighted by Crippen LogP contribution is -1.97. The fraction of sp³-hybridized carbons (Fsp3) is 1.00. The molecule has 0 aliphatic heterocycles. The molecule has 0 fully saturated rings. The van der Waals surface area contributed by atoms with Gasteiger partial charge in [0.2, 0.25) is 0 Å². The fourth-order valence-corrected chi connectivity index (χ4v) is 1.45. The van der Waals surface area contributed by atoms with Gasteiger partial charge in [0, 0.05) is 0 Å². The highest BCUT2D eigenvalue weighted by Crippen LogP contribution is 1.87. The van der Waals surface area contributed by atoms with E-state index in [2.05, 4.69) is 43.7 Å². The van der Waals surface area contributed by atoms with Gasteiger partial charge >= 0.3 is 0 Å². The molecule has 0 aromatic heterocycles. The summed E-state index contributed by atoms with van der Waals surface area (Å²) in [6.45, 7) is 1.59. The summed E-state index contributed by atoms with van der Waals surface area (Å²) in [7, 11) is 5.27. The lowest BCUT2D eigenvalue weighted by atomic mass is 10.5. The maximum Gasteiger partial charge on any atom is -0.00695 e. The summed E-state index contributed by atoms with van der Waals surface area (Å²) in [5.41, 5.74) is 10.2. The van der Waals surface area contributed by atoms with E-state index in [1.54, 1.807) is 0 Å². The number of nitrogens with two attached hydrogens (primary N) is 2. The molecule has 0 bridgehead atoms. The number of thiol groups is 2. The summed E-state index contributed by atoms with van der Waals surface area (Å²) in [6.07, 6.45) is 5.70. The Labute approximate surface area is 111 Å². The second kappa shape index (κ2) is 29.6. The average Bonchev–Trinajstić information content (AvgIpc) is 2.23. The molecule has 0 spiro atoms. The molecule has 0 saturated heterocycles. The summed E-state index contributed by atoms with van der Waals surface area (Å²) in [4.78, 5) is 0. The Kier molecular flexibility index (Phi) is 42.8. The maximum atomic E-state index is 5.13. The van der Waals surface area contributed by atoms with E-state index in [1.807, 2.05) is 0 Å². The van der Waals surface area contributed by atoms with Crippen molar-refractivity contribution in [2.24, 2.45) is 11.5 Å². The van der Waals surface area contributed by atoms with Crippen LogP contribution in [0.4, 0.5) is 0 Å². The first kappa shape index (κ1) is 21.7. The van der Waals surface area contributed by atoms with E-state index < -0.39 is 0 Å². The predicted octanol–water partition coefficient (Wildman–Crippen LogP) is 1.66. The van der Waals surface area contributed by atoms with Crippen molar-refractivity contribution in [3.63, 3.8) is 0 Å². The molecule has 0 amide bonds. The van der Waals surface area contributed by atoms with Crippen LogP contribution in [0.2, 0.25) is 0 Å². The third kappa shape index (κ3) is 50.3. The molecule has 0 aliphatic carbocycles. The molecule has 0 rings (SSSR count). The number of hydrogen-bond acceptors (Lipinski definition) is 4. The van der Waals surface area contributed by atoms with Gasteiger partial charge in [0.05, 0.1) is 0 Å². The van der Waals surface area contributed by atoms with Crippen LogP contribution in [0.15, 0.2) is 0 Å². The zero-order valence-electron chi connectivity index (χ0n) is 9.57. The smallest absolute Gasteiger partial charge is 0.00695 e. The van der Waals surface area contributed by atoms with Gasteiger partial charge in [0.25, 0.3) is 0 Å². The van der Waals surface area contributed by atoms with Gasteiger partial charge in [0.15, 0.2) is 0 Å². The summed E-state index contributed by atoms with van der Waals surface area (Å²) in [5, 5.41) is 0. The molecule has 4 N–H and O–H groups in total. The topological polar surface area (TPSA) is 52.0 Å². The molecule has 96 valence electrons. The minimum atomic E-state index is 0.767. The van der Waals surface area contributed by atoms with Crippen LogP contribution in [0.25, 0.3) is 0 Å². The van der Waals surface area contributed by atoms with Crippen molar-refractivity contribution in [2.45, 2.75) is 19.3 Å². The third-order valence-corrected chi connectivity index (χ3v) is 2.58. The van der Waals surface area contributed by atoms with Gasteiger partial charge in [-0.3, -0.25) is 0 Å². The Morgan fingerprint density at radius 1 is 0.733 bits per heavy atom. The van der Waals surface area contributed by atoms with E-state index in [-0.39, 0.29) is 0 Å². The Balaban J connectivity index is -0.000000144. The predicted molar refractivity (Wildman–Crippen MR) is 88.8 cm³/mol. The Hall–Kier alpha value is 1.48. The first-order chi connectivity index (χ1) is 7.24. The van der Waals surface area contributed by atoms with Crippen molar-refractivity contribution in [2.75, 3.05) is 36.9 Å². The Bertz CT molecular complexity index is 60.9. The standard InChI is InChI=1S/C3H10NP.C3H9NS.C3H9PS/c3*4-2-1-3-5/h1-5H2;2*5H,1-4H2. The van der Waals surface area contributed by atoms with Crippen LogP contribution in [0.5, 0.6) is 0 Å².